The second kappa shape index (κ2) is 6.09. The van der Waals surface area contributed by atoms with E-state index in [4.69, 9.17) is 23.2 Å². The summed E-state index contributed by atoms with van der Waals surface area (Å²) in [6, 6.07) is 9.07. The standard InChI is InChI=1S/C15H8Cl2N4S/c1-22-15-19-7-8-5-9(12(6-18)20-14(8)21-15)13-10(16)3-2-4-11(13)17/h2-5,7H,1H3. The van der Waals surface area contributed by atoms with Crippen molar-refractivity contribution < 1.29 is 0 Å². The third-order valence-electron chi connectivity index (χ3n) is 3.07. The quantitative estimate of drug-likeness (QED) is 0.501. The van der Waals surface area contributed by atoms with Gasteiger partial charge < -0.3 is 0 Å². The van der Waals surface area contributed by atoms with Crippen molar-refractivity contribution in [2.24, 2.45) is 0 Å². The first-order valence-electron chi connectivity index (χ1n) is 6.20. The number of hydrogen-bond donors (Lipinski definition) is 0. The summed E-state index contributed by atoms with van der Waals surface area (Å²) in [5.74, 6) is 0. The molecule has 108 valence electrons. The highest BCUT2D eigenvalue weighted by molar-refractivity contribution is 7.98. The summed E-state index contributed by atoms with van der Waals surface area (Å²) < 4.78 is 0. The highest BCUT2D eigenvalue weighted by Crippen LogP contribution is 2.37. The molecule has 0 N–H and O–H groups in total. The van der Waals surface area contributed by atoms with Gasteiger partial charge in [0.15, 0.2) is 16.5 Å². The maximum Gasteiger partial charge on any atom is 0.189 e. The lowest BCUT2D eigenvalue weighted by molar-refractivity contribution is 0.990. The number of pyridine rings is 1. The number of nitrogens with zero attached hydrogens (tertiary/aromatic N) is 4. The lowest BCUT2D eigenvalue weighted by Gasteiger charge is -2.09. The zero-order valence-corrected chi connectivity index (χ0v) is 13.7. The van der Waals surface area contributed by atoms with E-state index in [0.717, 1.165) is 5.39 Å². The normalized spacial score (nSPS) is 10.6. The van der Waals surface area contributed by atoms with E-state index in [2.05, 4.69) is 21.0 Å². The van der Waals surface area contributed by atoms with E-state index in [0.29, 0.717) is 32.0 Å². The van der Waals surface area contributed by atoms with Crippen molar-refractivity contribution in [3.05, 3.63) is 46.2 Å². The van der Waals surface area contributed by atoms with Gasteiger partial charge in [0.1, 0.15) is 6.07 Å². The molecule has 0 atom stereocenters. The summed E-state index contributed by atoms with van der Waals surface area (Å²) >= 11 is 13.9. The summed E-state index contributed by atoms with van der Waals surface area (Å²) in [5.41, 5.74) is 1.87. The zero-order chi connectivity index (χ0) is 15.7. The smallest absolute Gasteiger partial charge is 0.189 e. The van der Waals surface area contributed by atoms with Gasteiger partial charge in [0, 0.05) is 32.8 Å². The molecule has 0 spiro atoms. The number of thioether (sulfide) groups is 1. The Balaban J connectivity index is 2.33. The fourth-order valence-electron chi connectivity index (χ4n) is 2.08. The van der Waals surface area contributed by atoms with E-state index in [1.807, 2.05) is 6.26 Å². The van der Waals surface area contributed by atoms with Crippen LogP contribution in [0.1, 0.15) is 5.69 Å². The average Bonchev–Trinajstić information content (AvgIpc) is 2.53. The van der Waals surface area contributed by atoms with E-state index < -0.39 is 0 Å². The molecule has 0 saturated carbocycles. The maximum absolute atomic E-state index is 9.40. The van der Waals surface area contributed by atoms with Gasteiger partial charge >= 0.3 is 0 Å². The first-order chi connectivity index (χ1) is 10.6. The van der Waals surface area contributed by atoms with Crippen LogP contribution in [0.25, 0.3) is 22.2 Å². The SMILES string of the molecule is CSc1ncc2cc(-c3c(Cl)cccc3Cl)c(C#N)nc2n1. The van der Waals surface area contributed by atoms with Gasteiger partial charge in [-0.05, 0) is 24.5 Å². The predicted octanol–water partition coefficient (Wildman–Crippen LogP) is 4.59. The number of benzene rings is 1. The van der Waals surface area contributed by atoms with Crippen LogP contribution in [0.15, 0.2) is 35.6 Å². The van der Waals surface area contributed by atoms with Gasteiger partial charge in [-0.2, -0.15) is 5.26 Å². The second-order valence-electron chi connectivity index (χ2n) is 4.36. The van der Waals surface area contributed by atoms with Gasteiger partial charge in [-0.15, -0.1) is 0 Å². The highest BCUT2D eigenvalue weighted by atomic mass is 35.5. The molecule has 0 amide bonds. The minimum Gasteiger partial charge on any atom is -0.230 e. The van der Waals surface area contributed by atoms with Crippen molar-refractivity contribution in [2.45, 2.75) is 5.16 Å². The van der Waals surface area contributed by atoms with Gasteiger partial charge in [-0.1, -0.05) is 41.0 Å². The van der Waals surface area contributed by atoms with Crippen molar-refractivity contribution in [1.29, 1.82) is 5.26 Å². The van der Waals surface area contributed by atoms with Gasteiger partial charge in [0.2, 0.25) is 0 Å². The minimum atomic E-state index is 0.230. The number of aromatic nitrogens is 3. The molecule has 0 fully saturated rings. The maximum atomic E-state index is 9.40. The molecular weight excluding hydrogens is 339 g/mol. The van der Waals surface area contributed by atoms with E-state index in [-0.39, 0.29) is 5.69 Å². The molecule has 22 heavy (non-hydrogen) atoms. The molecule has 0 aliphatic heterocycles. The predicted molar refractivity (Wildman–Crippen MR) is 89.3 cm³/mol. The molecular formula is C15H8Cl2N4S. The van der Waals surface area contributed by atoms with Crippen LogP contribution in [0.2, 0.25) is 10.0 Å². The van der Waals surface area contributed by atoms with E-state index >= 15 is 0 Å². The van der Waals surface area contributed by atoms with E-state index in [9.17, 15) is 5.26 Å². The summed E-state index contributed by atoms with van der Waals surface area (Å²) in [6.07, 6.45) is 3.56. The molecule has 2 aromatic heterocycles. The monoisotopic (exact) mass is 346 g/mol. The largest absolute Gasteiger partial charge is 0.230 e. The molecule has 4 nitrogen and oxygen atoms in total. The topological polar surface area (TPSA) is 62.5 Å². The lowest BCUT2D eigenvalue weighted by atomic mass is 10.0. The van der Waals surface area contributed by atoms with Crippen molar-refractivity contribution >= 4 is 46.0 Å². The van der Waals surface area contributed by atoms with Crippen molar-refractivity contribution in [3.63, 3.8) is 0 Å². The summed E-state index contributed by atoms with van der Waals surface area (Å²) in [7, 11) is 0. The molecule has 0 bridgehead atoms. The number of nitriles is 1. The van der Waals surface area contributed by atoms with Crippen LogP contribution in [0.5, 0.6) is 0 Å². The number of rotatable bonds is 2. The molecule has 3 aromatic rings. The molecule has 0 radical (unpaired) electrons. The Hall–Kier alpha value is -1.87. The number of halogens is 2. The first kappa shape index (κ1) is 15.0. The van der Waals surface area contributed by atoms with Crippen LogP contribution >= 0.6 is 35.0 Å². The Morgan fingerprint density at radius 3 is 2.55 bits per heavy atom. The van der Waals surface area contributed by atoms with Crippen molar-refractivity contribution in [3.8, 4) is 17.2 Å². The molecule has 1 aromatic carbocycles. The van der Waals surface area contributed by atoms with Crippen LogP contribution in [0.3, 0.4) is 0 Å². The Labute approximate surface area is 141 Å². The minimum absolute atomic E-state index is 0.230. The van der Waals surface area contributed by atoms with Crippen LogP contribution < -0.4 is 0 Å². The van der Waals surface area contributed by atoms with E-state index in [1.54, 1.807) is 30.5 Å². The van der Waals surface area contributed by atoms with Crippen LogP contribution in [-0.2, 0) is 0 Å². The van der Waals surface area contributed by atoms with Crippen LogP contribution in [-0.4, -0.2) is 21.2 Å². The third-order valence-corrected chi connectivity index (χ3v) is 4.26. The molecule has 3 rings (SSSR count). The fraction of sp³-hybridized carbons (Fsp3) is 0.0667. The number of fused-ring (bicyclic) bond motifs is 1. The molecule has 7 heteroatoms. The van der Waals surface area contributed by atoms with Crippen molar-refractivity contribution in [1.82, 2.24) is 15.0 Å². The Morgan fingerprint density at radius 1 is 1.18 bits per heavy atom. The summed E-state index contributed by atoms with van der Waals surface area (Å²) in [5, 5.41) is 11.7. The van der Waals surface area contributed by atoms with Gasteiger partial charge in [-0.3, -0.25) is 0 Å². The molecule has 0 aliphatic carbocycles. The highest BCUT2D eigenvalue weighted by Gasteiger charge is 2.15. The average molecular weight is 347 g/mol. The second-order valence-corrected chi connectivity index (χ2v) is 5.95. The lowest BCUT2D eigenvalue weighted by Crippen LogP contribution is -1.96. The first-order valence-corrected chi connectivity index (χ1v) is 8.18. The van der Waals surface area contributed by atoms with E-state index in [1.165, 1.54) is 11.8 Å². The summed E-state index contributed by atoms with van der Waals surface area (Å²) in [4.78, 5) is 12.8. The Kier molecular flexibility index (Phi) is 4.16. The Bertz CT molecular complexity index is 901. The molecule has 0 aliphatic rings. The van der Waals surface area contributed by atoms with Crippen LogP contribution in [0.4, 0.5) is 0 Å². The van der Waals surface area contributed by atoms with Gasteiger partial charge in [0.25, 0.3) is 0 Å². The van der Waals surface area contributed by atoms with Gasteiger partial charge in [-0.25, -0.2) is 15.0 Å². The zero-order valence-electron chi connectivity index (χ0n) is 11.3. The fourth-order valence-corrected chi connectivity index (χ4v) is 3.01. The van der Waals surface area contributed by atoms with Crippen LogP contribution in [0, 0.1) is 11.3 Å². The molecule has 2 heterocycles. The molecule has 0 saturated heterocycles. The van der Waals surface area contributed by atoms with Gasteiger partial charge in [0.05, 0.1) is 0 Å². The Morgan fingerprint density at radius 2 is 1.91 bits per heavy atom. The third kappa shape index (κ3) is 2.61. The summed E-state index contributed by atoms with van der Waals surface area (Å²) in [6.45, 7) is 0. The van der Waals surface area contributed by atoms with Crippen molar-refractivity contribution in [2.75, 3.05) is 6.26 Å². The number of hydrogen-bond acceptors (Lipinski definition) is 5. The molecule has 0 unspecified atom stereocenters.